The first-order chi connectivity index (χ1) is 15.1. The minimum Gasteiger partial charge on any atom is -0.508 e. The molecule has 0 spiro atoms. The Morgan fingerprint density at radius 2 is 1.74 bits per heavy atom. The topological polar surface area (TPSA) is 55.8 Å². The predicted octanol–water partition coefficient (Wildman–Crippen LogP) is 6.58. The van der Waals surface area contributed by atoms with E-state index in [2.05, 4.69) is 0 Å². The fraction of sp³-hybridized carbons (Fsp3) is 0.0741. The second kappa shape index (κ2) is 9.18. The highest BCUT2D eigenvalue weighted by atomic mass is 16.5. The molecule has 0 aliphatic rings. The number of esters is 1. The van der Waals surface area contributed by atoms with Crippen LogP contribution in [0.15, 0.2) is 91.0 Å². The maximum absolute atomic E-state index is 11.5. The lowest BCUT2D eigenvalue weighted by Gasteiger charge is -2.15. The molecule has 154 valence electrons. The van der Waals surface area contributed by atoms with Crippen molar-refractivity contribution < 1.29 is 19.4 Å². The second-order valence-electron chi connectivity index (χ2n) is 6.97. The highest BCUT2D eigenvalue weighted by Gasteiger charge is 2.12. The fourth-order valence-electron chi connectivity index (χ4n) is 3.37. The van der Waals surface area contributed by atoms with E-state index in [1.54, 1.807) is 25.1 Å². The number of carbonyl (C=O) groups is 1. The smallest absolute Gasteiger partial charge is 0.330 e. The number of aromatic hydroxyl groups is 1. The van der Waals surface area contributed by atoms with Gasteiger partial charge in [0.1, 0.15) is 17.2 Å². The maximum atomic E-state index is 11.5. The van der Waals surface area contributed by atoms with Crippen LogP contribution in [-0.4, -0.2) is 17.7 Å². The Hall–Kier alpha value is -4.05. The van der Waals surface area contributed by atoms with Crippen LogP contribution in [0.5, 0.6) is 17.2 Å². The summed E-state index contributed by atoms with van der Waals surface area (Å²) in [4.78, 5) is 11.5. The molecule has 0 atom stereocenters. The van der Waals surface area contributed by atoms with Gasteiger partial charge in [0.25, 0.3) is 0 Å². The lowest BCUT2D eigenvalue weighted by molar-refractivity contribution is -0.137. The second-order valence-corrected chi connectivity index (χ2v) is 6.97. The molecule has 0 amide bonds. The number of fused-ring (bicyclic) bond motifs is 1. The third kappa shape index (κ3) is 4.75. The van der Waals surface area contributed by atoms with E-state index in [0.29, 0.717) is 12.4 Å². The summed E-state index contributed by atoms with van der Waals surface area (Å²) >= 11 is 0. The largest absolute Gasteiger partial charge is 0.508 e. The van der Waals surface area contributed by atoms with Crippen molar-refractivity contribution >= 4 is 22.8 Å². The monoisotopic (exact) mass is 410 g/mol. The Balaban J connectivity index is 1.69. The van der Waals surface area contributed by atoms with Crippen LogP contribution in [0.4, 0.5) is 0 Å². The predicted molar refractivity (Wildman–Crippen MR) is 123 cm³/mol. The summed E-state index contributed by atoms with van der Waals surface area (Å²) in [6, 6.07) is 26.7. The SMILES string of the molecule is CCOC(=O)C=Cc1ccc(Oc2c(-c3cccc(O)c3)ccc3ccccc23)cc1. The zero-order valence-electron chi connectivity index (χ0n) is 17.1. The molecular formula is C27H22O4. The first-order valence-corrected chi connectivity index (χ1v) is 10.1. The van der Waals surface area contributed by atoms with E-state index >= 15 is 0 Å². The number of carbonyl (C=O) groups excluding carboxylic acids is 1. The number of benzene rings is 4. The molecule has 0 unspecified atom stereocenters. The van der Waals surface area contributed by atoms with Crippen LogP contribution < -0.4 is 4.74 Å². The Bertz CT molecular complexity index is 1240. The van der Waals surface area contributed by atoms with Gasteiger partial charge in [-0.3, -0.25) is 0 Å². The molecule has 0 saturated heterocycles. The van der Waals surface area contributed by atoms with E-state index in [9.17, 15) is 9.90 Å². The lowest BCUT2D eigenvalue weighted by atomic mass is 9.99. The molecule has 0 aliphatic carbocycles. The number of hydrogen-bond donors (Lipinski definition) is 1. The molecule has 0 radical (unpaired) electrons. The van der Waals surface area contributed by atoms with E-state index in [4.69, 9.17) is 9.47 Å². The Morgan fingerprint density at radius 3 is 2.52 bits per heavy atom. The Labute approximate surface area is 181 Å². The highest BCUT2D eigenvalue weighted by molar-refractivity contribution is 5.95. The van der Waals surface area contributed by atoms with E-state index in [1.807, 2.05) is 72.8 Å². The third-order valence-electron chi connectivity index (χ3n) is 4.84. The van der Waals surface area contributed by atoms with Crippen molar-refractivity contribution in [3.8, 4) is 28.4 Å². The molecule has 4 aromatic rings. The molecule has 4 rings (SSSR count). The molecule has 4 nitrogen and oxygen atoms in total. The maximum Gasteiger partial charge on any atom is 0.330 e. The van der Waals surface area contributed by atoms with Gasteiger partial charge in [0, 0.05) is 17.0 Å². The van der Waals surface area contributed by atoms with Crippen molar-refractivity contribution in [1.29, 1.82) is 0 Å². The van der Waals surface area contributed by atoms with Gasteiger partial charge in [-0.05, 0) is 59.8 Å². The molecule has 0 saturated carbocycles. The van der Waals surface area contributed by atoms with Gasteiger partial charge in [0.2, 0.25) is 0 Å². The van der Waals surface area contributed by atoms with Crippen LogP contribution in [0.25, 0.3) is 28.0 Å². The Kier molecular flexibility index (Phi) is 5.99. The van der Waals surface area contributed by atoms with Crippen molar-refractivity contribution in [2.75, 3.05) is 6.61 Å². The Morgan fingerprint density at radius 1 is 0.935 bits per heavy atom. The van der Waals surface area contributed by atoms with Crippen molar-refractivity contribution in [2.24, 2.45) is 0 Å². The first-order valence-electron chi connectivity index (χ1n) is 10.1. The summed E-state index contributed by atoms with van der Waals surface area (Å²) in [5.41, 5.74) is 2.63. The molecule has 0 heterocycles. The molecule has 4 heteroatoms. The van der Waals surface area contributed by atoms with Gasteiger partial charge in [0.05, 0.1) is 6.61 Å². The number of ether oxygens (including phenoxy) is 2. The summed E-state index contributed by atoms with van der Waals surface area (Å²) in [7, 11) is 0. The first kappa shape index (κ1) is 20.2. The van der Waals surface area contributed by atoms with Crippen molar-refractivity contribution in [1.82, 2.24) is 0 Å². The quantitative estimate of drug-likeness (QED) is 0.288. The van der Waals surface area contributed by atoms with Gasteiger partial charge in [-0.15, -0.1) is 0 Å². The average Bonchev–Trinajstić information content (AvgIpc) is 2.79. The molecule has 4 aromatic carbocycles. The van der Waals surface area contributed by atoms with E-state index in [0.717, 1.165) is 33.2 Å². The summed E-state index contributed by atoms with van der Waals surface area (Å²) < 4.78 is 11.2. The molecule has 1 N–H and O–H groups in total. The molecule has 0 fully saturated rings. The summed E-state index contributed by atoms with van der Waals surface area (Å²) in [6.45, 7) is 2.12. The molecule has 31 heavy (non-hydrogen) atoms. The molecule has 0 aliphatic heterocycles. The number of rotatable bonds is 6. The van der Waals surface area contributed by atoms with Gasteiger partial charge in [-0.2, -0.15) is 0 Å². The van der Waals surface area contributed by atoms with Crippen LogP contribution in [0.2, 0.25) is 0 Å². The summed E-state index contributed by atoms with van der Waals surface area (Å²) in [6.07, 6.45) is 3.11. The summed E-state index contributed by atoms with van der Waals surface area (Å²) in [5.74, 6) is 1.23. The third-order valence-corrected chi connectivity index (χ3v) is 4.84. The van der Waals surface area contributed by atoms with Gasteiger partial charge in [0.15, 0.2) is 0 Å². The van der Waals surface area contributed by atoms with Gasteiger partial charge in [-0.25, -0.2) is 4.79 Å². The zero-order chi connectivity index (χ0) is 21.6. The van der Waals surface area contributed by atoms with Gasteiger partial charge < -0.3 is 14.6 Å². The minimum atomic E-state index is -0.366. The van der Waals surface area contributed by atoms with Crippen LogP contribution in [0.3, 0.4) is 0 Å². The molecule has 0 bridgehead atoms. The van der Waals surface area contributed by atoms with E-state index in [1.165, 1.54) is 6.08 Å². The van der Waals surface area contributed by atoms with Gasteiger partial charge in [-0.1, -0.05) is 54.6 Å². The van der Waals surface area contributed by atoms with Gasteiger partial charge >= 0.3 is 5.97 Å². The van der Waals surface area contributed by atoms with Crippen LogP contribution in [0, 0.1) is 0 Å². The van der Waals surface area contributed by atoms with Crippen molar-refractivity contribution in [3.05, 3.63) is 96.6 Å². The van der Waals surface area contributed by atoms with Crippen LogP contribution >= 0.6 is 0 Å². The average molecular weight is 410 g/mol. The highest BCUT2D eigenvalue weighted by Crippen LogP contribution is 2.40. The fourth-order valence-corrected chi connectivity index (χ4v) is 3.37. The minimum absolute atomic E-state index is 0.203. The molecule has 0 aromatic heterocycles. The number of hydrogen-bond acceptors (Lipinski definition) is 4. The lowest BCUT2D eigenvalue weighted by Crippen LogP contribution is -1.98. The van der Waals surface area contributed by atoms with E-state index in [-0.39, 0.29) is 11.7 Å². The standard InChI is InChI=1S/C27H22O4/c1-2-30-26(29)17-12-19-10-14-23(15-11-19)31-27-24-9-4-3-6-20(24)13-16-25(27)21-7-5-8-22(28)18-21/h3-18,28H,2H2,1H3. The van der Waals surface area contributed by atoms with Crippen LogP contribution in [-0.2, 0) is 9.53 Å². The van der Waals surface area contributed by atoms with Crippen molar-refractivity contribution in [3.63, 3.8) is 0 Å². The van der Waals surface area contributed by atoms with Crippen molar-refractivity contribution in [2.45, 2.75) is 6.92 Å². The summed E-state index contributed by atoms with van der Waals surface area (Å²) in [5, 5.41) is 12.0. The normalized spacial score (nSPS) is 11.0. The zero-order valence-corrected chi connectivity index (χ0v) is 17.1. The van der Waals surface area contributed by atoms with Crippen LogP contribution in [0.1, 0.15) is 12.5 Å². The van der Waals surface area contributed by atoms with E-state index < -0.39 is 0 Å². The number of phenolic OH excluding ortho intramolecular Hbond substituents is 1. The number of phenols is 1. The molecular weight excluding hydrogens is 388 g/mol.